The van der Waals surface area contributed by atoms with Gasteiger partial charge in [0.15, 0.2) is 0 Å². The van der Waals surface area contributed by atoms with Gasteiger partial charge in [-0.25, -0.2) is 0 Å². The molecule has 8 nitrogen and oxygen atoms in total. The van der Waals surface area contributed by atoms with Crippen molar-refractivity contribution in [3.63, 3.8) is 0 Å². The van der Waals surface area contributed by atoms with Gasteiger partial charge in [0.25, 0.3) is 11.9 Å². The number of hydrogen-bond acceptors (Lipinski definition) is 7. The minimum absolute atomic E-state index is 0.0299. The third kappa shape index (κ3) is 5.31. The van der Waals surface area contributed by atoms with Crippen molar-refractivity contribution in [1.29, 1.82) is 0 Å². The molecular weight excluding hydrogens is 442 g/mol. The lowest BCUT2D eigenvalue weighted by molar-refractivity contribution is -0.134. The number of hydrogen-bond donors (Lipinski definition) is 1. The number of nitrogens with one attached hydrogen (secondary N) is 1. The monoisotopic (exact) mass is 471 g/mol. The maximum absolute atomic E-state index is 12.9. The van der Waals surface area contributed by atoms with Gasteiger partial charge in [-0.3, -0.25) is 9.59 Å². The van der Waals surface area contributed by atoms with Crippen LogP contribution in [0.25, 0.3) is 0 Å². The number of carbonyl (C=O) groups excluding carboxylic acids is 2. The number of rotatable bonds is 8. The second kappa shape index (κ2) is 9.58. The number of anilines is 1. The van der Waals surface area contributed by atoms with E-state index < -0.39 is 25.9 Å². The van der Waals surface area contributed by atoms with Crippen molar-refractivity contribution in [1.82, 2.24) is 0 Å². The zero-order valence-corrected chi connectivity index (χ0v) is 20.9. The minimum atomic E-state index is -1.46. The van der Waals surface area contributed by atoms with Crippen LogP contribution in [0.5, 0.6) is 23.0 Å². The molecule has 0 saturated carbocycles. The number of benzene rings is 2. The molecule has 1 aliphatic rings. The molecule has 176 valence electrons. The predicted octanol–water partition coefficient (Wildman–Crippen LogP) is 3.39. The molecule has 33 heavy (non-hydrogen) atoms. The number of carbonyl (C=O) groups is 2. The average molecular weight is 472 g/mol. The van der Waals surface area contributed by atoms with Gasteiger partial charge in [-0.15, -0.1) is 0 Å². The summed E-state index contributed by atoms with van der Waals surface area (Å²) in [6.45, 7) is 8.72. The molecule has 0 aromatic heterocycles. The van der Waals surface area contributed by atoms with Gasteiger partial charge < -0.3 is 29.0 Å². The Morgan fingerprint density at radius 3 is 2.12 bits per heavy atom. The van der Waals surface area contributed by atoms with Gasteiger partial charge in [0.05, 0.1) is 35.5 Å². The van der Waals surface area contributed by atoms with E-state index in [1.165, 1.54) is 32.6 Å². The third-order valence-corrected chi connectivity index (χ3v) is 7.25. The Hall–Kier alpha value is -3.46. The van der Waals surface area contributed by atoms with Gasteiger partial charge in [0.1, 0.15) is 28.7 Å². The zero-order chi connectivity index (χ0) is 24.3. The molecule has 0 spiro atoms. The quantitative estimate of drug-likeness (QED) is 0.466. The Morgan fingerprint density at radius 1 is 0.970 bits per heavy atom. The summed E-state index contributed by atoms with van der Waals surface area (Å²) in [6, 6.07) is 9.16. The molecule has 1 unspecified atom stereocenters. The van der Waals surface area contributed by atoms with Crippen molar-refractivity contribution in [2.45, 2.75) is 32.7 Å². The number of ketones is 1. The fraction of sp³-hybridized carbons (Fsp3) is 0.333. The largest absolute Gasteiger partial charge is 0.496 e. The average Bonchev–Trinajstić information content (AvgIpc) is 3.14. The van der Waals surface area contributed by atoms with Crippen LogP contribution < -0.4 is 29.5 Å². The summed E-state index contributed by atoms with van der Waals surface area (Å²) in [5.41, 5.74) is 1.18. The normalized spacial score (nSPS) is 15.4. The number of methoxy groups -OCH3 is 3. The van der Waals surface area contributed by atoms with Crippen molar-refractivity contribution < 1.29 is 33.3 Å². The SMILES string of the molecule is COc1cc(OC)c(NC(=O)C2OC(Oc3ccc([Si](C)(C)C)cc3C)=CC2=O)c(OC)c1. The van der Waals surface area contributed by atoms with Gasteiger partial charge in [-0.1, -0.05) is 37.0 Å². The molecule has 1 atom stereocenters. The highest BCUT2D eigenvalue weighted by molar-refractivity contribution is 6.88. The van der Waals surface area contributed by atoms with E-state index in [9.17, 15) is 9.59 Å². The van der Waals surface area contributed by atoms with Crippen molar-refractivity contribution in [3.05, 3.63) is 47.9 Å². The molecule has 1 aliphatic heterocycles. The van der Waals surface area contributed by atoms with Gasteiger partial charge in [0, 0.05) is 12.1 Å². The molecule has 1 N–H and O–H groups in total. The topological polar surface area (TPSA) is 92.3 Å². The molecule has 2 aromatic carbocycles. The summed E-state index contributed by atoms with van der Waals surface area (Å²) >= 11 is 0. The Morgan fingerprint density at radius 2 is 1.61 bits per heavy atom. The van der Waals surface area contributed by atoms with Gasteiger partial charge >= 0.3 is 0 Å². The smallest absolute Gasteiger partial charge is 0.289 e. The minimum Gasteiger partial charge on any atom is -0.496 e. The van der Waals surface area contributed by atoms with Crippen LogP contribution in [0.15, 0.2) is 42.4 Å². The molecule has 0 bridgehead atoms. The fourth-order valence-corrected chi connectivity index (χ4v) is 4.53. The third-order valence-electron chi connectivity index (χ3n) is 5.21. The molecule has 2 aromatic rings. The number of ether oxygens (including phenoxy) is 5. The van der Waals surface area contributed by atoms with Crippen LogP contribution in [-0.4, -0.2) is 47.2 Å². The van der Waals surface area contributed by atoms with Crippen LogP contribution in [-0.2, 0) is 14.3 Å². The standard InChI is InChI=1S/C24H29NO7Si/c1-14-10-16(33(5,6)7)8-9-18(14)31-21-13-17(26)23(32-21)24(27)25-22-19(29-3)11-15(28-2)12-20(22)30-4/h8-13,23H,1-7H3,(H,25,27). The van der Waals surface area contributed by atoms with Gasteiger partial charge in [0.2, 0.25) is 11.9 Å². The van der Waals surface area contributed by atoms with Crippen molar-refractivity contribution in [3.8, 4) is 23.0 Å². The van der Waals surface area contributed by atoms with E-state index in [2.05, 4.69) is 31.0 Å². The summed E-state index contributed by atoms with van der Waals surface area (Å²) in [5, 5.41) is 3.95. The van der Waals surface area contributed by atoms with Crippen LogP contribution in [0.3, 0.4) is 0 Å². The summed E-state index contributed by atoms with van der Waals surface area (Å²) in [4.78, 5) is 25.3. The molecule has 0 aliphatic carbocycles. The first kappa shape index (κ1) is 24.2. The molecule has 1 amide bonds. The van der Waals surface area contributed by atoms with Crippen LogP contribution in [0.1, 0.15) is 5.56 Å². The lowest BCUT2D eigenvalue weighted by Gasteiger charge is -2.19. The highest BCUT2D eigenvalue weighted by Gasteiger charge is 2.36. The zero-order valence-electron chi connectivity index (χ0n) is 19.9. The number of aryl methyl sites for hydroxylation is 1. The first-order valence-electron chi connectivity index (χ1n) is 10.4. The molecule has 0 saturated heterocycles. The molecule has 0 fully saturated rings. The maximum atomic E-state index is 12.9. The lowest BCUT2D eigenvalue weighted by Crippen LogP contribution is -2.37. The van der Waals surface area contributed by atoms with E-state index in [0.29, 0.717) is 23.0 Å². The highest BCUT2D eigenvalue weighted by Crippen LogP contribution is 2.39. The van der Waals surface area contributed by atoms with Crippen LogP contribution in [0.2, 0.25) is 19.6 Å². The molecule has 9 heteroatoms. The Balaban J connectivity index is 1.74. The van der Waals surface area contributed by atoms with E-state index in [0.717, 1.165) is 5.56 Å². The number of amides is 1. The Labute approximate surface area is 194 Å². The predicted molar refractivity (Wildman–Crippen MR) is 127 cm³/mol. The maximum Gasteiger partial charge on any atom is 0.289 e. The summed E-state index contributed by atoms with van der Waals surface area (Å²) in [6.07, 6.45) is -0.212. The van der Waals surface area contributed by atoms with E-state index in [4.69, 9.17) is 23.7 Å². The van der Waals surface area contributed by atoms with Crippen molar-refractivity contribution in [2.75, 3.05) is 26.6 Å². The van der Waals surface area contributed by atoms with Crippen molar-refractivity contribution >= 4 is 30.6 Å². The van der Waals surface area contributed by atoms with Crippen LogP contribution >= 0.6 is 0 Å². The van der Waals surface area contributed by atoms with E-state index >= 15 is 0 Å². The van der Waals surface area contributed by atoms with Gasteiger partial charge in [-0.2, -0.15) is 0 Å². The lowest BCUT2D eigenvalue weighted by atomic mass is 10.2. The fourth-order valence-electron chi connectivity index (χ4n) is 3.29. The Kier molecular flexibility index (Phi) is 7.02. The second-order valence-corrected chi connectivity index (χ2v) is 13.7. The second-order valence-electron chi connectivity index (χ2n) is 8.59. The molecular formula is C24H29NO7Si. The molecule has 0 radical (unpaired) electrons. The van der Waals surface area contributed by atoms with Gasteiger partial charge in [-0.05, 0) is 18.6 Å². The molecule has 1 heterocycles. The Bertz CT molecular complexity index is 1080. The van der Waals surface area contributed by atoms with Crippen LogP contribution in [0, 0.1) is 6.92 Å². The van der Waals surface area contributed by atoms with Crippen LogP contribution in [0.4, 0.5) is 5.69 Å². The first-order chi connectivity index (χ1) is 15.6. The van der Waals surface area contributed by atoms with E-state index in [-0.39, 0.29) is 11.6 Å². The van der Waals surface area contributed by atoms with E-state index in [1.54, 1.807) is 12.1 Å². The highest BCUT2D eigenvalue weighted by atomic mass is 28.3. The summed E-state index contributed by atoms with van der Waals surface area (Å²) in [5.74, 6) is 0.448. The summed E-state index contributed by atoms with van der Waals surface area (Å²) in [7, 11) is 2.94. The first-order valence-corrected chi connectivity index (χ1v) is 13.9. The molecule has 3 rings (SSSR count). The van der Waals surface area contributed by atoms with E-state index in [1.807, 2.05) is 19.1 Å². The summed E-state index contributed by atoms with van der Waals surface area (Å²) < 4.78 is 27.2. The van der Waals surface area contributed by atoms with Crippen molar-refractivity contribution in [2.24, 2.45) is 0 Å².